The largest absolute Gasteiger partial charge is 0.335 e. The molecule has 0 radical (unpaired) electrons. The maximum atomic E-state index is 12.8. The highest BCUT2D eigenvalue weighted by atomic mass is 35.5. The molecule has 3 heterocycles. The minimum atomic E-state index is -0.893. The van der Waals surface area contributed by atoms with Crippen molar-refractivity contribution in [2.24, 2.45) is 0 Å². The molecule has 4 N–H and O–H groups in total. The van der Waals surface area contributed by atoms with Gasteiger partial charge in [-0.25, -0.2) is 4.68 Å². The predicted molar refractivity (Wildman–Crippen MR) is 120 cm³/mol. The van der Waals surface area contributed by atoms with Gasteiger partial charge in [-0.3, -0.25) is 14.7 Å². The van der Waals surface area contributed by atoms with E-state index in [0.29, 0.717) is 11.4 Å². The van der Waals surface area contributed by atoms with Gasteiger partial charge in [0.2, 0.25) is 0 Å². The molecule has 1 aromatic carbocycles. The molecule has 1 aliphatic rings. The van der Waals surface area contributed by atoms with Crippen LogP contribution >= 0.6 is 24.8 Å². The third-order valence-electron chi connectivity index (χ3n) is 4.85. The molecule has 1 unspecified atom stereocenters. The summed E-state index contributed by atoms with van der Waals surface area (Å²) in [6.45, 7) is 1.83. The molecule has 10 nitrogen and oxygen atoms in total. The SMILES string of the molecule is Cl.Cl.O=C(NC(C(=O)Nc1ccn[nH]1)c1ccccc1)c1cn(C2CCNCC2)nn1. The minimum Gasteiger partial charge on any atom is -0.335 e. The second-order valence-corrected chi connectivity index (χ2v) is 6.84. The summed E-state index contributed by atoms with van der Waals surface area (Å²) in [6, 6.07) is 9.99. The van der Waals surface area contributed by atoms with Crippen LogP contribution in [0.15, 0.2) is 48.8 Å². The standard InChI is InChI=1S/C19H22N8O2.2ClH/c28-18(15-12-27(26-24-15)14-6-9-20-10-7-14)23-17(13-4-2-1-3-5-13)19(29)22-16-8-11-21-25-16;;/h1-5,8,11-12,14,17,20H,6-7,9-10H2,(H,23,28)(H2,21,22,25,29);2*1H. The lowest BCUT2D eigenvalue weighted by Crippen LogP contribution is -2.37. The highest BCUT2D eigenvalue weighted by molar-refractivity contribution is 6.00. The first-order valence-electron chi connectivity index (χ1n) is 9.49. The van der Waals surface area contributed by atoms with E-state index in [2.05, 4.69) is 36.5 Å². The number of halogens is 2. The number of rotatable bonds is 6. The van der Waals surface area contributed by atoms with Crippen molar-refractivity contribution in [1.82, 2.24) is 35.8 Å². The number of hydrogen-bond acceptors (Lipinski definition) is 6. The van der Waals surface area contributed by atoms with Crippen molar-refractivity contribution < 1.29 is 9.59 Å². The fourth-order valence-electron chi connectivity index (χ4n) is 3.31. The van der Waals surface area contributed by atoms with Crippen molar-refractivity contribution in [2.75, 3.05) is 18.4 Å². The molecule has 2 aromatic heterocycles. The summed E-state index contributed by atoms with van der Waals surface area (Å²) in [5.74, 6) is -0.402. The number of carbonyl (C=O) groups is 2. The van der Waals surface area contributed by atoms with E-state index in [1.54, 1.807) is 29.1 Å². The summed E-state index contributed by atoms with van der Waals surface area (Å²) in [7, 11) is 0. The van der Waals surface area contributed by atoms with E-state index in [-0.39, 0.29) is 42.5 Å². The number of anilines is 1. The summed E-state index contributed by atoms with van der Waals surface area (Å²) in [4.78, 5) is 25.6. The van der Waals surface area contributed by atoms with Crippen molar-refractivity contribution in [3.8, 4) is 0 Å². The van der Waals surface area contributed by atoms with Crippen LogP contribution < -0.4 is 16.0 Å². The molecule has 3 aromatic rings. The Morgan fingerprint density at radius 2 is 1.84 bits per heavy atom. The van der Waals surface area contributed by atoms with Crippen molar-refractivity contribution in [3.63, 3.8) is 0 Å². The predicted octanol–water partition coefficient (Wildman–Crippen LogP) is 1.88. The smallest absolute Gasteiger partial charge is 0.274 e. The molecule has 1 saturated heterocycles. The lowest BCUT2D eigenvalue weighted by atomic mass is 10.1. The summed E-state index contributed by atoms with van der Waals surface area (Å²) >= 11 is 0. The molecule has 4 rings (SSSR count). The molecular weight excluding hydrogens is 443 g/mol. The number of carbonyl (C=O) groups excluding carboxylic acids is 2. The van der Waals surface area contributed by atoms with E-state index in [9.17, 15) is 9.59 Å². The molecule has 166 valence electrons. The van der Waals surface area contributed by atoms with Gasteiger partial charge >= 0.3 is 0 Å². The van der Waals surface area contributed by atoms with Gasteiger partial charge in [-0.1, -0.05) is 35.5 Å². The minimum absolute atomic E-state index is 0. The molecule has 0 bridgehead atoms. The van der Waals surface area contributed by atoms with Crippen molar-refractivity contribution >= 4 is 42.4 Å². The molecule has 0 aliphatic carbocycles. The summed E-state index contributed by atoms with van der Waals surface area (Å²) in [5, 5.41) is 23.4. The van der Waals surface area contributed by atoms with Crippen LogP contribution in [0.4, 0.5) is 5.82 Å². The fraction of sp³-hybridized carbons (Fsp3) is 0.316. The van der Waals surface area contributed by atoms with Gasteiger partial charge in [0.15, 0.2) is 5.69 Å². The van der Waals surface area contributed by atoms with Crippen LogP contribution in [-0.2, 0) is 4.79 Å². The van der Waals surface area contributed by atoms with Gasteiger partial charge in [-0.05, 0) is 31.5 Å². The fourth-order valence-corrected chi connectivity index (χ4v) is 3.31. The lowest BCUT2D eigenvalue weighted by molar-refractivity contribution is -0.118. The number of H-pyrrole nitrogens is 1. The van der Waals surface area contributed by atoms with Crippen molar-refractivity contribution in [1.29, 1.82) is 0 Å². The van der Waals surface area contributed by atoms with Gasteiger partial charge in [0.1, 0.15) is 11.9 Å². The Morgan fingerprint density at radius 3 is 2.52 bits per heavy atom. The van der Waals surface area contributed by atoms with E-state index in [1.807, 2.05) is 18.2 Å². The highest BCUT2D eigenvalue weighted by Crippen LogP contribution is 2.18. The number of aromatic nitrogens is 5. The summed E-state index contributed by atoms with van der Waals surface area (Å²) in [5.41, 5.74) is 0.836. The third-order valence-corrected chi connectivity index (χ3v) is 4.85. The number of hydrogen-bond donors (Lipinski definition) is 4. The second kappa shape index (κ2) is 11.4. The van der Waals surface area contributed by atoms with Crippen molar-refractivity contribution in [3.05, 3.63) is 60.0 Å². The topological polar surface area (TPSA) is 130 Å². The normalized spacial score (nSPS) is 14.6. The van der Waals surface area contributed by atoms with Crippen LogP contribution in [0.5, 0.6) is 0 Å². The van der Waals surface area contributed by atoms with Crippen LogP contribution in [0.1, 0.15) is 41.0 Å². The first-order valence-corrected chi connectivity index (χ1v) is 9.49. The van der Waals surface area contributed by atoms with Crippen LogP contribution in [0, 0.1) is 0 Å². The number of amides is 2. The zero-order chi connectivity index (χ0) is 20.1. The number of piperidine rings is 1. The highest BCUT2D eigenvalue weighted by Gasteiger charge is 2.26. The van der Waals surface area contributed by atoms with Crippen LogP contribution in [-0.4, -0.2) is 50.1 Å². The average Bonchev–Trinajstić information content (AvgIpc) is 3.45. The number of benzene rings is 1. The Labute approximate surface area is 191 Å². The Hall–Kier alpha value is -2.95. The van der Waals surface area contributed by atoms with E-state index in [4.69, 9.17) is 0 Å². The number of aromatic amines is 1. The lowest BCUT2D eigenvalue weighted by Gasteiger charge is -2.22. The second-order valence-electron chi connectivity index (χ2n) is 6.84. The molecule has 1 fully saturated rings. The monoisotopic (exact) mass is 466 g/mol. The molecule has 1 aliphatic heterocycles. The molecule has 0 spiro atoms. The van der Waals surface area contributed by atoms with Gasteiger partial charge in [-0.2, -0.15) is 5.10 Å². The number of nitrogens with zero attached hydrogens (tertiary/aromatic N) is 4. The average molecular weight is 467 g/mol. The Kier molecular flexibility index (Phi) is 8.98. The molecule has 12 heteroatoms. The zero-order valence-electron chi connectivity index (χ0n) is 16.5. The molecule has 1 atom stereocenters. The summed E-state index contributed by atoms with van der Waals surface area (Å²) in [6.07, 6.45) is 5.04. The van der Waals surface area contributed by atoms with E-state index in [0.717, 1.165) is 25.9 Å². The van der Waals surface area contributed by atoms with E-state index < -0.39 is 11.9 Å². The van der Waals surface area contributed by atoms with Crippen LogP contribution in [0.25, 0.3) is 0 Å². The first kappa shape index (κ1) is 24.3. The number of nitrogens with one attached hydrogen (secondary N) is 4. The van der Waals surface area contributed by atoms with Crippen molar-refractivity contribution in [2.45, 2.75) is 24.9 Å². The molecule has 31 heavy (non-hydrogen) atoms. The maximum absolute atomic E-state index is 12.8. The Morgan fingerprint density at radius 1 is 1.10 bits per heavy atom. The molecular formula is C19H24Cl2N8O2. The summed E-state index contributed by atoms with van der Waals surface area (Å²) < 4.78 is 1.73. The van der Waals surface area contributed by atoms with Gasteiger partial charge in [-0.15, -0.1) is 29.9 Å². The van der Waals surface area contributed by atoms with Crippen LogP contribution in [0.2, 0.25) is 0 Å². The third kappa shape index (κ3) is 6.03. The zero-order valence-corrected chi connectivity index (χ0v) is 18.2. The Balaban J connectivity index is 0.00000171. The van der Waals surface area contributed by atoms with E-state index >= 15 is 0 Å². The van der Waals surface area contributed by atoms with Gasteiger partial charge < -0.3 is 16.0 Å². The van der Waals surface area contributed by atoms with Gasteiger partial charge in [0, 0.05) is 6.07 Å². The van der Waals surface area contributed by atoms with Gasteiger partial charge in [0.05, 0.1) is 18.4 Å². The quantitative estimate of drug-likeness (QED) is 0.438. The maximum Gasteiger partial charge on any atom is 0.274 e. The molecule has 0 saturated carbocycles. The Bertz CT molecular complexity index is 958. The van der Waals surface area contributed by atoms with E-state index in [1.165, 1.54) is 6.20 Å². The first-order chi connectivity index (χ1) is 14.2. The van der Waals surface area contributed by atoms with Crippen LogP contribution in [0.3, 0.4) is 0 Å². The van der Waals surface area contributed by atoms with Gasteiger partial charge in [0.25, 0.3) is 11.8 Å². The molecule has 2 amide bonds.